The number of aryl methyl sites for hydroxylation is 2. The minimum atomic E-state index is -1.36. The summed E-state index contributed by atoms with van der Waals surface area (Å²) in [6, 6.07) is 5.72. The zero-order chi connectivity index (χ0) is 24.7. The van der Waals surface area contributed by atoms with E-state index >= 15 is 0 Å². The Morgan fingerprint density at radius 2 is 1.58 bits per heavy atom. The van der Waals surface area contributed by atoms with Gasteiger partial charge in [-0.1, -0.05) is 18.2 Å². The first-order valence-electron chi connectivity index (χ1n) is 10.8. The molecule has 2 aliphatic heterocycles. The van der Waals surface area contributed by atoms with Gasteiger partial charge in [0.05, 0.1) is 5.57 Å². The number of rotatable bonds is 4. The summed E-state index contributed by atoms with van der Waals surface area (Å²) in [5, 5.41) is 3.16. The molecule has 1 aromatic rings. The molecule has 8 nitrogen and oxygen atoms in total. The van der Waals surface area contributed by atoms with Crippen molar-refractivity contribution in [2.45, 2.75) is 66.6 Å². The van der Waals surface area contributed by atoms with Crippen molar-refractivity contribution in [3.8, 4) is 0 Å². The van der Waals surface area contributed by atoms with Crippen LogP contribution in [0, 0.1) is 19.8 Å². The van der Waals surface area contributed by atoms with Crippen LogP contribution in [0.2, 0.25) is 0 Å². The van der Waals surface area contributed by atoms with Crippen LogP contribution in [0.25, 0.3) is 0 Å². The Bertz CT molecular complexity index is 1050. The maximum atomic E-state index is 13.4. The fourth-order valence-corrected chi connectivity index (χ4v) is 3.58. The van der Waals surface area contributed by atoms with Gasteiger partial charge in [-0.3, -0.25) is 4.79 Å². The van der Waals surface area contributed by atoms with Gasteiger partial charge in [0, 0.05) is 5.69 Å². The van der Waals surface area contributed by atoms with Gasteiger partial charge in [0.15, 0.2) is 5.76 Å². The zero-order valence-electron chi connectivity index (χ0n) is 20.4. The summed E-state index contributed by atoms with van der Waals surface area (Å²) >= 11 is 0. The summed E-state index contributed by atoms with van der Waals surface area (Å²) in [6.07, 6.45) is 0. The van der Waals surface area contributed by atoms with E-state index in [-0.39, 0.29) is 29.4 Å². The molecule has 0 saturated heterocycles. The first kappa shape index (κ1) is 24.4. The molecule has 178 valence electrons. The van der Waals surface area contributed by atoms with Crippen LogP contribution in [0.4, 0.5) is 5.69 Å². The minimum Gasteiger partial charge on any atom is -0.459 e. The van der Waals surface area contributed by atoms with Gasteiger partial charge >= 0.3 is 17.9 Å². The van der Waals surface area contributed by atoms with Gasteiger partial charge in [-0.15, -0.1) is 0 Å². The summed E-state index contributed by atoms with van der Waals surface area (Å²) < 4.78 is 22.3. The van der Waals surface area contributed by atoms with Crippen LogP contribution in [0.5, 0.6) is 0 Å². The maximum absolute atomic E-state index is 13.4. The molecule has 1 aromatic carbocycles. The number of nitrogens with one attached hydrogen (secondary N) is 1. The van der Waals surface area contributed by atoms with Gasteiger partial charge in [0.25, 0.3) is 0 Å². The molecule has 1 atom stereocenters. The fraction of sp³-hybridized carbons (Fsp3) is 0.480. The molecule has 0 fully saturated rings. The van der Waals surface area contributed by atoms with E-state index in [0.29, 0.717) is 5.69 Å². The van der Waals surface area contributed by atoms with Crippen molar-refractivity contribution in [1.29, 1.82) is 0 Å². The van der Waals surface area contributed by atoms with Crippen molar-refractivity contribution in [3.63, 3.8) is 0 Å². The number of ether oxygens (including phenoxy) is 4. The Morgan fingerprint density at radius 1 is 1.00 bits per heavy atom. The van der Waals surface area contributed by atoms with E-state index in [1.54, 1.807) is 41.5 Å². The lowest BCUT2D eigenvalue weighted by atomic mass is 9.88. The number of carbonyl (C=O) groups excluding carboxylic acids is 3. The molecule has 0 radical (unpaired) electrons. The normalized spacial score (nSPS) is 18.4. The number of carbonyl (C=O) groups is 3. The SMILES string of the molecule is Cc1cccc(C)c1NC1=C(C(=O)OC(C)(C)C)C(C(=O)OC(C)(C)C)C2=C(COC2=O)O1. The van der Waals surface area contributed by atoms with Gasteiger partial charge in [-0.25, -0.2) is 9.59 Å². The second-order valence-electron chi connectivity index (χ2n) is 10.1. The van der Waals surface area contributed by atoms with Crippen LogP contribution < -0.4 is 5.32 Å². The summed E-state index contributed by atoms with van der Waals surface area (Å²) in [6.45, 7) is 13.9. The molecule has 2 heterocycles. The Kier molecular flexibility index (Phi) is 6.33. The van der Waals surface area contributed by atoms with Gasteiger partial charge in [-0.2, -0.15) is 0 Å². The van der Waals surface area contributed by atoms with Crippen molar-refractivity contribution in [1.82, 2.24) is 0 Å². The van der Waals surface area contributed by atoms with Crippen LogP contribution in [0.1, 0.15) is 52.7 Å². The molecule has 0 spiro atoms. The number of benzene rings is 1. The molecule has 0 saturated carbocycles. The summed E-state index contributed by atoms with van der Waals surface area (Å²) in [7, 11) is 0. The number of para-hydroxylation sites is 1. The van der Waals surface area contributed by atoms with Gasteiger partial charge < -0.3 is 24.3 Å². The smallest absolute Gasteiger partial charge is 0.341 e. The Labute approximate surface area is 193 Å². The first-order valence-corrected chi connectivity index (χ1v) is 10.8. The number of hydrogen-bond donors (Lipinski definition) is 1. The highest BCUT2D eigenvalue weighted by Crippen LogP contribution is 2.40. The van der Waals surface area contributed by atoms with Crippen LogP contribution in [0.15, 0.2) is 41.0 Å². The van der Waals surface area contributed by atoms with Gasteiger partial charge in [0.2, 0.25) is 5.88 Å². The van der Waals surface area contributed by atoms with Crippen molar-refractivity contribution in [2.24, 2.45) is 5.92 Å². The van der Waals surface area contributed by atoms with E-state index in [4.69, 9.17) is 18.9 Å². The second kappa shape index (κ2) is 8.57. The predicted octanol–water partition coefficient (Wildman–Crippen LogP) is 4.07. The third kappa shape index (κ3) is 5.38. The predicted molar refractivity (Wildman–Crippen MR) is 121 cm³/mol. The standard InChI is InChI=1S/C25H31NO7/c1-13-10-9-11-14(2)19(13)26-20-18(23(29)33-25(6,7)8)17(22(28)32-24(3,4)5)16-15(31-20)12-30-21(16)27/h9-11,17,26H,12H2,1-8H3. The maximum Gasteiger partial charge on any atom is 0.341 e. The van der Waals surface area contributed by atoms with Crippen LogP contribution in [0.3, 0.4) is 0 Å². The average molecular weight is 458 g/mol. The highest BCUT2D eigenvalue weighted by Gasteiger charge is 2.49. The molecule has 0 aliphatic carbocycles. The second-order valence-corrected chi connectivity index (χ2v) is 10.1. The Hall–Kier alpha value is -3.29. The molecule has 33 heavy (non-hydrogen) atoms. The Balaban J connectivity index is 2.19. The molecule has 3 rings (SSSR count). The van der Waals surface area contributed by atoms with E-state index in [1.807, 2.05) is 32.0 Å². The number of cyclic esters (lactones) is 1. The van der Waals surface area contributed by atoms with E-state index < -0.39 is 35.0 Å². The lowest BCUT2D eigenvalue weighted by molar-refractivity contribution is -0.162. The van der Waals surface area contributed by atoms with E-state index in [2.05, 4.69) is 5.32 Å². The van der Waals surface area contributed by atoms with Crippen LogP contribution >= 0.6 is 0 Å². The molecule has 0 amide bonds. The zero-order valence-corrected chi connectivity index (χ0v) is 20.4. The number of hydrogen-bond acceptors (Lipinski definition) is 8. The highest BCUT2D eigenvalue weighted by molar-refractivity contribution is 6.06. The van der Waals surface area contributed by atoms with Crippen molar-refractivity contribution in [3.05, 3.63) is 52.1 Å². The minimum absolute atomic E-state index is 0.00885. The quantitative estimate of drug-likeness (QED) is 0.534. The van der Waals surface area contributed by atoms with Gasteiger partial charge in [0.1, 0.15) is 29.3 Å². The number of esters is 3. The van der Waals surface area contributed by atoms with Gasteiger partial charge in [-0.05, 0) is 66.5 Å². The fourth-order valence-electron chi connectivity index (χ4n) is 3.58. The molecule has 1 unspecified atom stereocenters. The topological polar surface area (TPSA) is 100 Å². The van der Waals surface area contributed by atoms with E-state index in [1.165, 1.54) is 0 Å². The first-order chi connectivity index (χ1) is 15.2. The van der Waals surface area contributed by atoms with Crippen LogP contribution in [-0.4, -0.2) is 35.7 Å². The summed E-state index contributed by atoms with van der Waals surface area (Å²) in [4.78, 5) is 39.3. The average Bonchev–Trinajstić information content (AvgIpc) is 3.01. The van der Waals surface area contributed by atoms with Crippen molar-refractivity contribution >= 4 is 23.6 Å². The van der Waals surface area contributed by atoms with Crippen molar-refractivity contribution in [2.75, 3.05) is 11.9 Å². The van der Waals surface area contributed by atoms with Crippen LogP contribution in [-0.2, 0) is 33.3 Å². The molecular weight excluding hydrogens is 426 g/mol. The highest BCUT2D eigenvalue weighted by atomic mass is 16.6. The molecule has 1 N–H and O–H groups in total. The number of anilines is 1. The Morgan fingerprint density at radius 3 is 2.12 bits per heavy atom. The molecule has 0 bridgehead atoms. The third-order valence-electron chi connectivity index (χ3n) is 4.88. The molecule has 8 heteroatoms. The lowest BCUT2D eigenvalue weighted by Crippen LogP contribution is -2.39. The molecule has 2 aliphatic rings. The monoisotopic (exact) mass is 457 g/mol. The third-order valence-corrected chi connectivity index (χ3v) is 4.88. The van der Waals surface area contributed by atoms with E-state index in [9.17, 15) is 14.4 Å². The summed E-state index contributed by atoms with van der Waals surface area (Å²) in [5.74, 6) is -3.47. The molecular formula is C25H31NO7. The largest absolute Gasteiger partial charge is 0.459 e. The van der Waals surface area contributed by atoms with Crippen molar-refractivity contribution < 1.29 is 33.3 Å². The van der Waals surface area contributed by atoms with E-state index in [0.717, 1.165) is 11.1 Å². The molecule has 0 aromatic heterocycles. The summed E-state index contributed by atoms with van der Waals surface area (Å²) in [5.41, 5.74) is 0.640. The lowest BCUT2D eigenvalue weighted by Gasteiger charge is -2.31.